The van der Waals surface area contributed by atoms with Gasteiger partial charge >= 0.3 is 0 Å². The first-order valence-corrected chi connectivity index (χ1v) is 7.69. The van der Waals surface area contributed by atoms with Crippen LogP contribution in [0, 0.1) is 30.6 Å². The summed E-state index contributed by atoms with van der Waals surface area (Å²) in [6, 6.07) is 5.85. The number of hydrogen-bond acceptors (Lipinski definition) is 5. The number of alkyl halides is 2. The maximum atomic E-state index is 12.7. The van der Waals surface area contributed by atoms with Crippen LogP contribution in [0.5, 0.6) is 0 Å². The van der Waals surface area contributed by atoms with Gasteiger partial charge in [-0.15, -0.1) is 0 Å². The fraction of sp³-hybridized carbons (Fsp3) is 0.176. The van der Waals surface area contributed by atoms with E-state index in [1.54, 1.807) is 13.8 Å². The number of hydrogen-bond donors (Lipinski definition) is 3. The molecule has 0 aliphatic heterocycles. The van der Waals surface area contributed by atoms with E-state index in [1.807, 2.05) is 6.07 Å². The van der Waals surface area contributed by atoms with E-state index in [2.05, 4.69) is 10.3 Å². The number of halogens is 3. The zero-order chi connectivity index (χ0) is 19.6. The predicted molar refractivity (Wildman–Crippen MR) is 95.1 cm³/mol. The number of nitrogens with zero attached hydrogens (tertiary/aromatic N) is 2. The van der Waals surface area contributed by atoms with Gasteiger partial charge in [0.2, 0.25) is 0 Å². The highest BCUT2D eigenvalue weighted by Crippen LogP contribution is 2.24. The fourth-order valence-electron chi connectivity index (χ4n) is 2.28. The number of nitrogens with one attached hydrogen (secondary N) is 2. The molecule has 6 nitrogen and oxygen atoms in total. The third-order valence-corrected chi connectivity index (χ3v) is 4.13. The number of aromatic nitrogens is 1. The van der Waals surface area contributed by atoms with Crippen LogP contribution in [-0.4, -0.2) is 23.0 Å². The Bertz CT molecular complexity index is 953. The van der Waals surface area contributed by atoms with Crippen molar-refractivity contribution in [2.45, 2.75) is 20.3 Å². The summed E-state index contributed by atoms with van der Waals surface area (Å²) in [7, 11) is 0. The number of nitrogen functional groups attached to an aromatic ring is 1. The van der Waals surface area contributed by atoms with Crippen molar-refractivity contribution in [1.82, 2.24) is 4.98 Å². The van der Waals surface area contributed by atoms with Gasteiger partial charge in [0.1, 0.15) is 22.6 Å². The average Bonchev–Trinajstić information content (AvgIpc) is 2.59. The summed E-state index contributed by atoms with van der Waals surface area (Å²) >= 11 is 5.93. The lowest BCUT2D eigenvalue weighted by Gasteiger charge is -2.13. The number of carbonyl (C=O) groups is 1. The highest BCUT2D eigenvalue weighted by Gasteiger charge is 2.20. The first-order valence-electron chi connectivity index (χ1n) is 7.32. The Hall–Kier alpha value is -3.05. The summed E-state index contributed by atoms with van der Waals surface area (Å²) in [4.78, 5) is 16.4. The molecule has 0 spiro atoms. The Kier molecular flexibility index (Phi) is 5.53. The van der Waals surface area contributed by atoms with Crippen LogP contribution in [0.1, 0.15) is 32.7 Å². The Labute approximate surface area is 153 Å². The molecule has 0 saturated carbocycles. The van der Waals surface area contributed by atoms with Crippen molar-refractivity contribution in [3.63, 3.8) is 0 Å². The number of nitriles is 1. The molecule has 9 heteroatoms. The molecule has 1 amide bonds. The minimum absolute atomic E-state index is 0.000124. The number of benzene rings is 1. The molecular formula is C17H14ClF2N5O. The van der Waals surface area contributed by atoms with Gasteiger partial charge in [-0.1, -0.05) is 11.6 Å². The molecular weight excluding hydrogens is 364 g/mol. The zero-order valence-electron chi connectivity index (χ0n) is 13.8. The lowest BCUT2D eigenvalue weighted by Crippen LogP contribution is -2.18. The van der Waals surface area contributed by atoms with Crippen molar-refractivity contribution in [2.24, 2.45) is 0 Å². The lowest BCUT2D eigenvalue weighted by atomic mass is 10.0. The summed E-state index contributed by atoms with van der Waals surface area (Å²) in [6.45, 7) is 3.26. The normalized spacial score (nSPS) is 10.5. The molecule has 1 aromatic carbocycles. The molecule has 4 N–H and O–H groups in total. The molecule has 0 aliphatic rings. The van der Waals surface area contributed by atoms with E-state index in [1.165, 1.54) is 18.2 Å². The number of anilines is 2. The molecule has 1 heterocycles. The molecule has 26 heavy (non-hydrogen) atoms. The highest BCUT2D eigenvalue weighted by molar-refractivity contribution is 6.31. The van der Waals surface area contributed by atoms with Crippen LogP contribution in [-0.2, 0) is 0 Å². The van der Waals surface area contributed by atoms with E-state index >= 15 is 0 Å². The van der Waals surface area contributed by atoms with Crippen molar-refractivity contribution in [2.75, 3.05) is 11.1 Å². The molecule has 0 saturated heterocycles. The Morgan fingerprint density at radius 3 is 2.62 bits per heavy atom. The van der Waals surface area contributed by atoms with Crippen LogP contribution >= 0.6 is 11.6 Å². The Morgan fingerprint density at radius 2 is 2.04 bits per heavy atom. The average molecular weight is 378 g/mol. The maximum Gasteiger partial charge on any atom is 0.280 e. The number of nitrogens with two attached hydrogens (primary N) is 1. The third kappa shape index (κ3) is 3.63. The Morgan fingerprint density at radius 1 is 1.38 bits per heavy atom. The predicted octanol–water partition coefficient (Wildman–Crippen LogP) is 3.69. The van der Waals surface area contributed by atoms with Crippen LogP contribution < -0.4 is 11.1 Å². The molecule has 134 valence electrons. The van der Waals surface area contributed by atoms with Crippen LogP contribution in [0.2, 0.25) is 5.15 Å². The second kappa shape index (κ2) is 7.45. The van der Waals surface area contributed by atoms with Crippen molar-refractivity contribution >= 4 is 34.6 Å². The smallest absolute Gasteiger partial charge is 0.280 e. The van der Waals surface area contributed by atoms with Gasteiger partial charge in [0.15, 0.2) is 0 Å². The van der Waals surface area contributed by atoms with Crippen LogP contribution in [0.4, 0.5) is 20.2 Å². The summed E-state index contributed by atoms with van der Waals surface area (Å²) in [5.74, 6) is -0.628. The third-order valence-electron chi connectivity index (χ3n) is 3.86. The second-order valence-electron chi connectivity index (χ2n) is 5.46. The minimum Gasteiger partial charge on any atom is -0.398 e. The summed E-state index contributed by atoms with van der Waals surface area (Å²) in [5, 5.41) is 18.9. The van der Waals surface area contributed by atoms with Crippen molar-refractivity contribution in [3.8, 4) is 6.07 Å². The monoisotopic (exact) mass is 377 g/mol. The highest BCUT2D eigenvalue weighted by atomic mass is 35.5. The van der Waals surface area contributed by atoms with Crippen molar-refractivity contribution in [3.05, 3.63) is 51.3 Å². The molecule has 0 radical (unpaired) electrons. The summed E-state index contributed by atoms with van der Waals surface area (Å²) in [5.41, 5.74) is 5.86. The SMILES string of the molecule is Cc1c(C(=O)Nc2ccc(N)c(C(=N)C(F)F)c2)nc(Cl)c(C#N)c1C. The van der Waals surface area contributed by atoms with Gasteiger partial charge in [-0.05, 0) is 43.2 Å². The van der Waals surface area contributed by atoms with Crippen LogP contribution in [0.3, 0.4) is 0 Å². The number of carbonyl (C=O) groups excluding carboxylic acids is 1. The number of amides is 1. The van der Waals surface area contributed by atoms with Gasteiger partial charge in [-0.3, -0.25) is 10.2 Å². The fourth-order valence-corrected chi connectivity index (χ4v) is 2.55. The van der Waals surface area contributed by atoms with Gasteiger partial charge in [0, 0.05) is 16.9 Å². The molecule has 1 aromatic heterocycles. The minimum atomic E-state index is -2.99. The lowest BCUT2D eigenvalue weighted by molar-refractivity contribution is 0.102. The summed E-state index contributed by atoms with van der Waals surface area (Å²) < 4.78 is 25.5. The Balaban J connectivity index is 2.39. The van der Waals surface area contributed by atoms with E-state index in [9.17, 15) is 13.6 Å². The van der Waals surface area contributed by atoms with E-state index in [-0.39, 0.29) is 33.3 Å². The number of rotatable bonds is 4. The van der Waals surface area contributed by atoms with Gasteiger partial charge < -0.3 is 11.1 Å². The van der Waals surface area contributed by atoms with Gasteiger partial charge in [-0.25, -0.2) is 13.8 Å². The van der Waals surface area contributed by atoms with Crippen molar-refractivity contribution < 1.29 is 13.6 Å². The quantitative estimate of drug-likeness (QED) is 0.428. The number of pyridine rings is 1. The van der Waals surface area contributed by atoms with Crippen LogP contribution in [0.25, 0.3) is 0 Å². The summed E-state index contributed by atoms with van der Waals surface area (Å²) in [6.07, 6.45) is -2.99. The molecule has 2 aromatic rings. The van der Waals surface area contributed by atoms with Crippen molar-refractivity contribution in [1.29, 1.82) is 10.7 Å². The van der Waals surface area contributed by atoms with Gasteiger partial charge in [0.05, 0.1) is 5.56 Å². The molecule has 0 fully saturated rings. The topological polar surface area (TPSA) is 116 Å². The molecule has 0 bridgehead atoms. The van der Waals surface area contributed by atoms with Crippen LogP contribution in [0.15, 0.2) is 18.2 Å². The van der Waals surface area contributed by atoms with Gasteiger partial charge in [0.25, 0.3) is 12.3 Å². The zero-order valence-corrected chi connectivity index (χ0v) is 14.6. The first-order chi connectivity index (χ1) is 12.2. The van der Waals surface area contributed by atoms with E-state index in [0.29, 0.717) is 11.1 Å². The largest absolute Gasteiger partial charge is 0.398 e. The molecule has 0 atom stereocenters. The molecule has 0 aliphatic carbocycles. The maximum absolute atomic E-state index is 12.7. The molecule has 2 rings (SSSR count). The van der Waals surface area contributed by atoms with E-state index < -0.39 is 18.0 Å². The van der Waals surface area contributed by atoms with E-state index in [0.717, 1.165) is 0 Å². The standard InChI is InChI=1S/C17H14ClF2N5O/c1-7-8(2)14(25-15(18)11(7)6-21)17(26)24-9-3-4-12(22)10(5-9)13(23)16(19)20/h3-5,16,23H,22H2,1-2H3,(H,24,26). The first kappa shape index (κ1) is 19.3. The molecule has 0 unspecified atom stereocenters. The van der Waals surface area contributed by atoms with Gasteiger partial charge in [-0.2, -0.15) is 5.26 Å². The second-order valence-corrected chi connectivity index (χ2v) is 5.82. The van der Waals surface area contributed by atoms with E-state index in [4.69, 9.17) is 28.0 Å².